The predicted octanol–water partition coefficient (Wildman–Crippen LogP) is 4.88. The standard InChI is InChI=1S/C17H23ClN2/c1-12-5-3-7-14(11-12)20-15-8-4-6-13(2)17(15)19-16(20)9-10-18/h4,6,8,12,14H,3,5,7,9-11H2,1-2H3. The summed E-state index contributed by atoms with van der Waals surface area (Å²) in [5.41, 5.74) is 3.72. The molecule has 108 valence electrons. The summed E-state index contributed by atoms with van der Waals surface area (Å²) in [6.07, 6.45) is 6.11. The maximum absolute atomic E-state index is 5.99. The topological polar surface area (TPSA) is 17.8 Å². The lowest BCUT2D eigenvalue weighted by atomic mass is 9.86. The number of aromatic nitrogens is 2. The zero-order chi connectivity index (χ0) is 14.1. The molecule has 2 atom stereocenters. The summed E-state index contributed by atoms with van der Waals surface area (Å²) >= 11 is 5.99. The van der Waals surface area contributed by atoms with E-state index in [1.165, 1.54) is 42.6 Å². The van der Waals surface area contributed by atoms with Gasteiger partial charge in [-0.2, -0.15) is 0 Å². The van der Waals surface area contributed by atoms with Crippen LogP contribution in [-0.2, 0) is 6.42 Å². The monoisotopic (exact) mass is 290 g/mol. The normalized spacial score (nSPS) is 23.4. The Balaban J connectivity index is 2.11. The lowest BCUT2D eigenvalue weighted by molar-refractivity contribution is 0.283. The number of para-hydroxylation sites is 1. The fraction of sp³-hybridized carbons (Fsp3) is 0.588. The smallest absolute Gasteiger partial charge is 0.111 e. The highest BCUT2D eigenvalue weighted by Gasteiger charge is 2.24. The van der Waals surface area contributed by atoms with Gasteiger partial charge in [-0.15, -0.1) is 11.6 Å². The van der Waals surface area contributed by atoms with Gasteiger partial charge in [0.15, 0.2) is 0 Å². The number of rotatable bonds is 3. The van der Waals surface area contributed by atoms with Crippen molar-refractivity contribution in [2.75, 3.05) is 5.88 Å². The van der Waals surface area contributed by atoms with Crippen molar-refractivity contribution in [1.82, 2.24) is 9.55 Å². The van der Waals surface area contributed by atoms with Gasteiger partial charge in [0.05, 0.1) is 11.0 Å². The quantitative estimate of drug-likeness (QED) is 0.737. The first-order valence-corrected chi connectivity index (χ1v) is 8.26. The molecule has 0 radical (unpaired) electrons. The van der Waals surface area contributed by atoms with E-state index in [1.807, 2.05) is 0 Å². The van der Waals surface area contributed by atoms with Crippen molar-refractivity contribution in [2.24, 2.45) is 5.92 Å². The van der Waals surface area contributed by atoms with E-state index in [-0.39, 0.29) is 0 Å². The molecule has 1 aromatic carbocycles. The first kappa shape index (κ1) is 13.9. The van der Waals surface area contributed by atoms with Crippen molar-refractivity contribution in [1.29, 1.82) is 0 Å². The van der Waals surface area contributed by atoms with Gasteiger partial charge in [-0.25, -0.2) is 4.98 Å². The van der Waals surface area contributed by atoms with Crippen molar-refractivity contribution in [3.63, 3.8) is 0 Å². The number of benzene rings is 1. The van der Waals surface area contributed by atoms with Gasteiger partial charge in [-0.1, -0.05) is 31.9 Å². The molecule has 2 nitrogen and oxygen atoms in total. The number of nitrogens with zero attached hydrogens (tertiary/aromatic N) is 2. The third kappa shape index (κ3) is 2.46. The summed E-state index contributed by atoms with van der Waals surface area (Å²) in [5, 5.41) is 0. The Morgan fingerprint density at radius 3 is 2.95 bits per heavy atom. The van der Waals surface area contributed by atoms with Crippen molar-refractivity contribution >= 4 is 22.6 Å². The molecule has 3 heteroatoms. The lowest BCUT2D eigenvalue weighted by Gasteiger charge is -2.29. The molecule has 2 aromatic rings. The molecular weight excluding hydrogens is 268 g/mol. The van der Waals surface area contributed by atoms with E-state index in [0.29, 0.717) is 11.9 Å². The lowest BCUT2D eigenvalue weighted by Crippen LogP contribution is -2.19. The summed E-state index contributed by atoms with van der Waals surface area (Å²) in [6, 6.07) is 7.11. The van der Waals surface area contributed by atoms with Crippen LogP contribution in [0.25, 0.3) is 11.0 Å². The predicted molar refractivity (Wildman–Crippen MR) is 85.6 cm³/mol. The Morgan fingerprint density at radius 2 is 2.20 bits per heavy atom. The van der Waals surface area contributed by atoms with Crippen molar-refractivity contribution in [3.8, 4) is 0 Å². The molecule has 1 aliphatic rings. The second-order valence-electron chi connectivity index (χ2n) is 6.21. The summed E-state index contributed by atoms with van der Waals surface area (Å²) < 4.78 is 2.49. The average molecular weight is 291 g/mol. The first-order valence-electron chi connectivity index (χ1n) is 7.73. The Morgan fingerprint density at radius 1 is 1.35 bits per heavy atom. The molecule has 0 bridgehead atoms. The highest BCUT2D eigenvalue weighted by molar-refractivity contribution is 6.17. The Hall–Kier alpha value is -1.02. The summed E-state index contributed by atoms with van der Waals surface area (Å²) in [5.74, 6) is 2.63. The minimum atomic E-state index is 0.601. The second kappa shape index (κ2) is 5.77. The number of hydrogen-bond acceptors (Lipinski definition) is 1. The van der Waals surface area contributed by atoms with E-state index in [9.17, 15) is 0 Å². The third-order valence-corrected chi connectivity index (χ3v) is 4.78. The minimum absolute atomic E-state index is 0.601. The summed E-state index contributed by atoms with van der Waals surface area (Å²) in [7, 11) is 0. The van der Waals surface area contributed by atoms with Gasteiger partial charge in [0, 0.05) is 18.3 Å². The van der Waals surface area contributed by atoms with Crippen LogP contribution in [0.1, 0.15) is 50.0 Å². The highest BCUT2D eigenvalue weighted by atomic mass is 35.5. The molecule has 1 fully saturated rings. The third-order valence-electron chi connectivity index (χ3n) is 4.59. The number of alkyl halides is 1. The van der Waals surface area contributed by atoms with E-state index < -0.39 is 0 Å². The van der Waals surface area contributed by atoms with Crippen LogP contribution in [0.15, 0.2) is 18.2 Å². The zero-order valence-electron chi connectivity index (χ0n) is 12.4. The van der Waals surface area contributed by atoms with Gasteiger partial charge in [-0.05, 0) is 37.3 Å². The summed E-state index contributed by atoms with van der Waals surface area (Å²) in [4.78, 5) is 4.88. The fourth-order valence-electron chi connectivity index (χ4n) is 3.61. The van der Waals surface area contributed by atoms with Crippen molar-refractivity contribution in [2.45, 2.75) is 52.0 Å². The Bertz CT molecular complexity index is 602. The largest absolute Gasteiger partial charge is 0.325 e. The van der Waals surface area contributed by atoms with Crippen LogP contribution < -0.4 is 0 Å². The molecule has 0 aliphatic heterocycles. The first-order chi connectivity index (χ1) is 9.70. The number of imidazole rings is 1. The molecular formula is C17H23ClN2. The number of aryl methyl sites for hydroxylation is 2. The van der Waals surface area contributed by atoms with Crippen LogP contribution in [0.4, 0.5) is 0 Å². The van der Waals surface area contributed by atoms with E-state index in [4.69, 9.17) is 16.6 Å². The average Bonchev–Trinajstić information content (AvgIpc) is 2.79. The number of hydrogen-bond donors (Lipinski definition) is 0. The fourth-order valence-corrected chi connectivity index (χ4v) is 3.78. The van der Waals surface area contributed by atoms with Gasteiger partial charge in [0.25, 0.3) is 0 Å². The van der Waals surface area contributed by atoms with Crippen LogP contribution >= 0.6 is 11.6 Å². The molecule has 0 spiro atoms. The highest BCUT2D eigenvalue weighted by Crippen LogP contribution is 2.36. The van der Waals surface area contributed by atoms with Crippen molar-refractivity contribution < 1.29 is 0 Å². The molecule has 1 saturated carbocycles. The van der Waals surface area contributed by atoms with Gasteiger partial charge in [-0.3, -0.25) is 0 Å². The number of halogens is 1. The van der Waals surface area contributed by atoms with Gasteiger partial charge < -0.3 is 4.57 Å². The van der Waals surface area contributed by atoms with Crippen LogP contribution in [0.2, 0.25) is 0 Å². The van der Waals surface area contributed by atoms with Gasteiger partial charge in [0.1, 0.15) is 5.82 Å². The van der Waals surface area contributed by atoms with Crippen molar-refractivity contribution in [3.05, 3.63) is 29.6 Å². The van der Waals surface area contributed by atoms with E-state index in [0.717, 1.165) is 17.9 Å². The van der Waals surface area contributed by atoms with Crippen LogP contribution in [0.3, 0.4) is 0 Å². The van der Waals surface area contributed by atoms with E-state index in [1.54, 1.807) is 0 Å². The second-order valence-corrected chi connectivity index (χ2v) is 6.58. The van der Waals surface area contributed by atoms with Gasteiger partial charge in [0.2, 0.25) is 0 Å². The molecule has 0 amide bonds. The Kier molecular flexibility index (Phi) is 4.02. The maximum atomic E-state index is 5.99. The van der Waals surface area contributed by atoms with Crippen LogP contribution in [-0.4, -0.2) is 15.4 Å². The Labute approximate surface area is 126 Å². The van der Waals surface area contributed by atoms with E-state index in [2.05, 4.69) is 36.6 Å². The SMILES string of the molecule is Cc1cccc2c1nc(CCCl)n2C1CCCC(C)C1. The molecule has 2 unspecified atom stereocenters. The molecule has 3 rings (SSSR count). The molecule has 1 aliphatic carbocycles. The zero-order valence-corrected chi connectivity index (χ0v) is 13.2. The maximum Gasteiger partial charge on any atom is 0.111 e. The van der Waals surface area contributed by atoms with Crippen LogP contribution in [0, 0.1) is 12.8 Å². The van der Waals surface area contributed by atoms with Crippen LogP contribution in [0.5, 0.6) is 0 Å². The molecule has 1 heterocycles. The van der Waals surface area contributed by atoms with E-state index >= 15 is 0 Å². The number of fused-ring (bicyclic) bond motifs is 1. The molecule has 0 saturated heterocycles. The van der Waals surface area contributed by atoms with Gasteiger partial charge >= 0.3 is 0 Å². The molecule has 1 aromatic heterocycles. The molecule has 20 heavy (non-hydrogen) atoms. The minimum Gasteiger partial charge on any atom is -0.325 e. The summed E-state index contributed by atoms with van der Waals surface area (Å²) in [6.45, 7) is 4.52. The molecule has 0 N–H and O–H groups in total.